The van der Waals surface area contributed by atoms with Crippen LogP contribution in [0.15, 0.2) is 24.3 Å². The summed E-state index contributed by atoms with van der Waals surface area (Å²) in [6, 6.07) is 6.28. The van der Waals surface area contributed by atoms with Crippen LogP contribution in [0.3, 0.4) is 0 Å². The lowest BCUT2D eigenvalue weighted by Gasteiger charge is -1.95. The van der Waals surface area contributed by atoms with Gasteiger partial charge in [-0.25, -0.2) is 4.39 Å². The predicted octanol–water partition coefficient (Wildman–Crippen LogP) is 1.91. The van der Waals surface area contributed by atoms with Crippen LogP contribution in [0.2, 0.25) is 0 Å². The molecule has 0 fully saturated rings. The molecule has 1 N–H and O–H groups in total. The van der Waals surface area contributed by atoms with Gasteiger partial charge < -0.3 is 5.32 Å². The molecule has 0 aliphatic heterocycles. The van der Waals surface area contributed by atoms with Crippen LogP contribution in [-0.2, 0) is 4.79 Å². The van der Waals surface area contributed by atoms with E-state index in [1.54, 1.807) is 18.2 Å². The zero-order chi connectivity index (χ0) is 10.7. The molecule has 15 heavy (non-hydrogen) atoms. The molecule has 0 aliphatic carbocycles. The lowest BCUT2D eigenvalue weighted by molar-refractivity contribution is -0.105. The van der Waals surface area contributed by atoms with Crippen LogP contribution in [0.1, 0.15) is 0 Å². The summed E-state index contributed by atoms with van der Waals surface area (Å²) in [6.07, 6.45) is 0.506. The topological polar surface area (TPSA) is 54.9 Å². The highest BCUT2D eigenvalue weighted by molar-refractivity contribution is 7.18. The van der Waals surface area contributed by atoms with E-state index in [0.29, 0.717) is 22.1 Å². The largest absolute Gasteiger partial charge is 0.303 e. The summed E-state index contributed by atoms with van der Waals surface area (Å²) in [5.74, 6) is -0.355. The van der Waals surface area contributed by atoms with Gasteiger partial charge in [0.15, 0.2) is 5.01 Å². The summed E-state index contributed by atoms with van der Waals surface area (Å²) in [7, 11) is 0. The third kappa shape index (κ3) is 1.99. The van der Waals surface area contributed by atoms with Crippen molar-refractivity contribution in [3.8, 4) is 10.6 Å². The average molecular weight is 223 g/mol. The number of aromatic nitrogens is 2. The number of amides is 1. The van der Waals surface area contributed by atoms with Crippen molar-refractivity contribution >= 4 is 22.9 Å². The standard InChI is InChI=1S/C9H6FN3OS/c10-7-4-2-1-3-6(7)8-12-13-9(15-8)11-5-14/h1-5H,(H,11,13,14). The predicted molar refractivity (Wildman–Crippen MR) is 55.0 cm³/mol. The van der Waals surface area contributed by atoms with E-state index in [-0.39, 0.29) is 5.82 Å². The van der Waals surface area contributed by atoms with E-state index in [1.165, 1.54) is 6.07 Å². The Morgan fingerprint density at radius 3 is 2.87 bits per heavy atom. The quantitative estimate of drug-likeness (QED) is 0.809. The van der Waals surface area contributed by atoms with Gasteiger partial charge in [0.1, 0.15) is 5.82 Å². The van der Waals surface area contributed by atoms with Gasteiger partial charge in [0.05, 0.1) is 0 Å². The van der Waals surface area contributed by atoms with E-state index in [2.05, 4.69) is 15.5 Å². The van der Waals surface area contributed by atoms with Crippen molar-refractivity contribution in [2.45, 2.75) is 0 Å². The number of anilines is 1. The van der Waals surface area contributed by atoms with Crippen LogP contribution in [0.4, 0.5) is 9.52 Å². The normalized spacial score (nSPS) is 9.93. The summed E-state index contributed by atoms with van der Waals surface area (Å²) in [5, 5.41) is 10.6. The fourth-order valence-corrected chi connectivity index (χ4v) is 1.80. The van der Waals surface area contributed by atoms with Crippen LogP contribution in [0.25, 0.3) is 10.6 Å². The van der Waals surface area contributed by atoms with E-state index in [0.717, 1.165) is 11.3 Å². The van der Waals surface area contributed by atoms with Crippen molar-refractivity contribution < 1.29 is 9.18 Å². The Hall–Kier alpha value is -1.82. The van der Waals surface area contributed by atoms with Gasteiger partial charge in [0.2, 0.25) is 11.5 Å². The Labute approximate surface area is 88.8 Å². The first kappa shape index (κ1) is 9.72. The van der Waals surface area contributed by atoms with Crippen LogP contribution in [-0.4, -0.2) is 16.6 Å². The van der Waals surface area contributed by atoms with E-state index in [4.69, 9.17) is 0 Å². The number of carbonyl (C=O) groups is 1. The van der Waals surface area contributed by atoms with Crippen molar-refractivity contribution in [3.63, 3.8) is 0 Å². The van der Waals surface area contributed by atoms with Gasteiger partial charge in [-0.2, -0.15) is 0 Å². The number of carbonyl (C=O) groups excluding carboxylic acids is 1. The van der Waals surface area contributed by atoms with Crippen molar-refractivity contribution in [1.82, 2.24) is 10.2 Å². The molecule has 0 spiro atoms. The zero-order valence-corrected chi connectivity index (χ0v) is 8.29. The molecule has 0 atom stereocenters. The third-order valence-corrected chi connectivity index (χ3v) is 2.60. The Morgan fingerprint density at radius 1 is 1.33 bits per heavy atom. The Bertz CT molecular complexity index is 486. The molecule has 0 bridgehead atoms. The maximum absolute atomic E-state index is 13.3. The van der Waals surface area contributed by atoms with Crippen molar-refractivity contribution in [2.24, 2.45) is 0 Å². The van der Waals surface area contributed by atoms with Gasteiger partial charge in [-0.15, -0.1) is 10.2 Å². The van der Waals surface area contributed by atoms with Crippen LogP contribution in [0.5, 0.6) is 0 Å². The SMILES string of the molecule is O=CNc1nnc(-c2ccccc2F)s1. The van der Waals surface area contributed by atoms with Crippen molar-refractivity contribution in [3.05, 3.63) is 30.1 Å². The number of nitrogens with one attached hydrogen (secondary N) is 1. The second kappa shape index (κ2) is 4.14. The smallest absolute Gasteiger partial charge is 0.213 e. The van der Waals surface area contributed by atoms with Gasteiger partial charge in [0.25, 0.3) is 0 Å². The first-order valence-corrected chi connectivity index (χ1v) is 4.91. The van der Waals surface area contributed by atoms with Crippen molar-refractivity contribution in [2.75, 3.05) is 5.32 Å². The first-order chi connectivity index (χ1) is 7.31. The lowest BCUT2D eigenvalue weighted by Crippen LogP contribution is -1.91. The molecule has 1 aromatic carbocycles. The molecular weight excluding hydrogens is 217 g/mol. The first-order valence-electron chi connectivity index (χ1n) is 4.10. The Kier molecular flexibility index (Phi) is 2.68. The van der Waals surface area contributed by atoms with Gasteiger partial charge >= 0.3 is 0 Å². The molecule has 2 aromatic rings. The molecule has 0 radical (unpaired) electrons. The van der Waals surface area contributed by atoms with E-state index < -0.39 is 0 Å². The highest BCUT2D eigenvalue weighted by Gasteiger charge is 2.09. The maximum atomic E-state index is 13.3. The highest BCUT2D eigenvalue weighted by atomic mass is 32.1. The molecule has 4 nitrogen and oxygen atoms in total. The molecule has 0 aliphatic rings. The second-order valence-electron chi connectivity index (χ2n) is 2.65. The second-order valence-corrected chi connectivity index (χ2v) is 3.63. The molecule has 1 heterocycles. The fraction of sp³-hybridized carbons (Fsp3) is 0. The van der Waals surface area contributed by atoms with Gasteiger partial charge in [-0.3, -0.25) is 4.79 Å². The van der Waals surface area contributed by atoms with Gasteiger partial charge in [0, 0.05) is 5.56 Å². The number of halogens is 1. The summed E-state index contributed by atoms with van der Waals surface area (Å²) in [4.78, 5) is 10.1. The summed E-state index contributed by atoms with van der Waals surface area (Å²) >= 11 is 1.12. The molecule has 2 rings (SSSR count). The number of nitrogens with zero attached hydrogens (tertiary/aromatic N) is 2. The van der Waals surface area contributed by atoms with Gasteiger partial charge in [-0.05, 0) is 12.1 Å². The average Bonchev–Trinajstić information content (AvgIpc) is 2.68. The van der Waals surface area contributed by atoms with E-state index in [9.17, 15) is 9.18 Å². The molecule has 76 valence electrons. The van der Waals surface area contributed by atoms with E-state index in [1.807, 2.05) is 0 Å². The monoisotopic (exact) mass is 223 g/mol. The molecule has 1 aromatic heterocycles. The van der Waals surface area contributed by atoms with E-state index >= 15 is 0 Å². The lowest BCUT2D eigenvalue weighted by atomic mass is 10.2. The summed E-state index contributed by atoms with van der Waals surface area (Å²) in [5.41, 5.74) is 0.383. The highest BCUT2D eigenvalue weighted by Crippen LogP contribution is 2.27. The van der Waals surface area contributed by atoms with Gasteiger partial charge in [-0.1, -0.05) is 23.5 Å². The van der Waals surface area contributed by atoms with Crippen LogP contribution >= 0.6 is 11.3 Å². The zero-order valence-electron chi connectivity index (χ0n) is 7.48. The molecular formula is C9H6FN3OS. The molecule has 0 saturated carbocycles. The van der Waals surface area contributed by atoms with Crippen LogP contribution < -0.4 is 5.32 Å². The number of hydrogen-bond acceptors (Lipinski definition) is 4. The Balaban J connectivity index is 2.37. The third-order valence-electron chi connectivity index (χ3n) is 1.71. The minimum absolute atomic E-state index is 0.350. The number of rotatable bonds is 3. The van der Waals surface area contributed by atoms with Crippen molar-refractivity contribution in [1.29, 1.82) is 0 Å². The minimum atomic E-state index is -0.355. The van der Waals surface area contributed by atoms with Crippen LogP contribution in [0, 0.1) is 5.82 Å². The Morgan fingerprint density at radius 2 is 2.13 bits per heavy atom. The number of benzene rings is 1. The molecule has 0 unspecified atom stereocenters. The maximum Gasteiger partial charge on any atom is 0.213 e. The minimum Gasteiger partial charge on any atom is -0.303 e. The number of hydrogen-bond donors (Lipinski definition) is 1. The fourth-order valence-electron chi connectivity index (χ4n) is 1.08. The summed E-state index contributed by atoms with van der Waals surface area (Å²) in [6.45, 7) is 0. The molecule has 0 saturated heterocycles. The molecule has 1 amide bonds. The summed E-state index contributed by atoms with van der Waals surface area (Å²) < 4.78 is 13.3. The molecule has 6 heteroatoms.